The van der Waals surface area contributed by atoms with Gasteiger partial charge in [0, 0.05) is 24.3 Å². The molecule has 3 aromatic carbocycles. The van der Waals surface area contributed by atoms with Gasteiger partial charge < -0.3 is 5.32 Å². The van der Waals surface area contributed by atoms with Gasteiger partial charge in [0.15, 0.2) is 5.17 Å². The molecule has 1 N–H and O–H groups in total. The van der Waals surface area contributed by atoms with Crippen molar-refractivity contribution in [3.63, 3.8) is 0 Å². The third kappa shape index (κ3) is 5.17. The molecule has 0 saturated heterocycles. The zero-order valence-corrected chi connectivity index (χ0v) is 19.7. The zero-order valence-electron chi connectivity index (χ0n) is 18.9. The quantitative estimate of drug-likeness (QED) is 0.521. The van der Waals surface area contributed by atoms with E-state index in [-0.39, 0.29) is 24.1 Å². The number of benzene rings is 3. The number of hydrogen-bond acceptors (Lipinski definition) is 5. The first kappa shape index (κ1) is 23.0. The SMILES string of the molecule is O=C(CCC1N=C2c3ccccc3N=C(SCc3ccc(F)cc3)N2C1=O)NCc1ccccc1. The summed E-state index contributed by atoms with van der Waals surface area (Å²) < 4.78 is 13.3. The summed E-state index contributed by atoms with van der Waals surface area (Å²) in [6, 6.07) is 22.9. The fraction of sp³-hybridized carbons (Fsp3) is 0.185. The van der Waals surface area contributed by atoms with Crippen LogP contribution in [0, 0.1) is 5.82 Å². The third-order valence-electron chi connectivity index (χ3n) is 5.81. The number of halogens is 1. The van der Waals surface area contributed by atoms with E-state index in [2.05, 4.69) is 5.32 Å². The number of nitrogens with one attached hydrogen (secondary N) is 1. The largest absolute Gasteiger partial charge is 0.352 e. The molecule has 2 aliphatic rings. The molecule has 5 rings (SSSR count). The van der Waals surface area contributed by atoms with Crippen molar-refractivity contribution in [3.8, 4) is 0 Å². The van der Waals surface area contributed by atoms with Crippen molar-refractivity contribution in [1.29, 1.82) is 0 Å². The lowest BCUT2D eigenvalue weighted by Crippen LogP contribution is -2.41. The van der Waals surface area contributed by atoms with Crippen molar-refractivity contribution >= 4 is 40.3 Å². The fourth-order valence-electron chi connectivity index (χ4n) is 3.97. The van der Waals surface area contributed by atoms with E-state index in [0.717, 1.165) is 22.4 Å². The van der Waals surface area contributed by atoms with E-state index in [0.29, 0.717) is 29.7 Å². The second-order valence-corrected chi connectivity index (χ2v) is 9.21. The Morgan fingerprint density at radius 2 is 1.71 bits per heavy atom. The maximum Gasteiger partial charge on any atom is 0.259 e. The first-order chi connectivity index (χ1) is 17.1. The van der Waals surface area contributed by atoms with Crippen LogP contribution >= 0.6 is 11.8 Å². The minimum atomic E-state index is -0.643. The number of nitrogens with zero attached hydrogens (tertiary/aromatic N) is 3. The minimum Gasteiger partial charge on any atom is -0.352 e. The molecule has 0 saturated carbocycles. The van der Waals surface area contributed by atoms with Crippen molar-refractivity contribution in [2.45, 2.75) is 31.2 Å². The molecular formula is C27H23FN4O2S. The van der Waals surface area contributed by atoms with Gasteiger partial charge in [0.05, 0.1) is 5.69 Å². The Kier molecular flexibility index (Phi) is 6.72. The fourth-order valence-corrected chi connectivity index (χ4v) is 4.92. The van der Waals surface area contributed by atoms with Gasteiger partial charge in [-0.3, -0.25) is 14.6 Å². The minimum absolute atomic E-state index is 0.119. The van der Waals surface area contributed by atoms with E-state index in [4.69, 9.17) is 9.98 Å². The molecule has 0 fully saturated rings. The molecule has 0 aliphatic carbocycles. The van der Waals surface area contributed by atoms with Crippen LogP contribution in [0.25, 0.3) is 0 Å². The maximum atomic E-state index is 13.3. The maximum absolute atomic E-state index is 13.3. The van der Waals surface area contributed by atoms with Gasteiger partial charge >= 0.3 is 0 Å². The highest BCUT2D eigenvalue weighted by Gasteiger charge is 2.41. The van der Waals surface area contributed by atoms with Crippen LogP contribution in [0.15, 0.2) is 88.8 Å². The Morgan fingerprint density at radius 1 is 0.971 bits per heavy atom. The molecule has 1 atom stereocenters. The molecule has 176 valence electrons. The number of hydrogen-bond donors (Lipinski definition) is 1. The van der Waals surface area contributed by atoms with E-state index in [1.165, 1.54) is 23.9 Å². The molecule has 2 aliphatic heterocycles. The number of carbonyl (C=O) groups is 2. The Bertz CT molecular complexity index is 1310. The predicted octanol–water partition coefficient (Wildman–Crippen LogP) is 4.81. The number of para-hydroxylation sites is 1. The van der Waals surface area contributed by atoms with Crippen LogP contribution in [-0.2, 0) is 21.9 Å². The van der Waals surface area contributed by atoms with Crippen LogP contribution in [-0.4, -0.2) is 33.8 Å². The summed E-state index contributed by atoms with van der Waals surface area (Å²) >= 11 is 1.40. The first-order valence-corrected chi connectivity index (χ1v) is 12.3. The van der Waals surface area contributed by atoms with Gasteiger partial charge in [0.2, 0.25) is 5.91 Å². The van der Waals surface area contributed by atoms with Crippen LogP contribution in [0.3, 0.4) is 0 Å². The lowest BCUT2D eigenvalue weighted by molar-refractivity contribution is -0.125. The van der Waals surface area contributed by atoms with Crippen LogP contribution < -0.4 is 5.32 Å². The molecular weight excluding hydrogens is 463 g/mol. The van der Waals surface area contributed by atoms with Gasteiger partial charge in [0.1, 0.15) is 17.7 Å². The van der Waals surface area contributed by atoms with Crippen LogP contribution in [0.2, 0.25) is 0 Å². The predicted molar refractivity (Wildman–Crippen MR) is 136 cm³/mol. The van der Waals surface area contributed by atoms with E-state index < -0.39 is 6.04 Å². The van der Waals surface area contributed by atoms with Crippen LogP contribution in [0.1, 0.15) is 29.5 Å². The Hall–Kier alpha value is -3.78. The van der Waals surface area contributed by atoms with Crippen molar-refractivity contribution < 1.29 is 14.0 Å². The van der Waals surface area contributed by atoms with E-state index >= 15 is 0 Å². The summed E-state index contributed by atoms with van der Waals surface area (Å²) in [4.78, 5) is 36.7. The average molecular weight is 487 g/mol. The molecule has 35 heavy (non-hydrogen) atoms. The number of carbonyl (C=O) groups excluding carboxylic acids is 2. The summed E-state index contributed by atoms with van der Waals surface area (Å²) in [5.74, 6) is 0.507. The van der Waals surface area contributed by atoms with Crippen molar-refractivity contribution in [3.05, 3.63) is 101 Å². The lowest BCUT2D eigenvalue weighted by Gasteiger charge is -2.25. The van der Waals surface area contributed by atoms with E-state index in [1.807, 2.05) is 54.6 Å². The molecule has 0 spiro atoms. The second-order valence-electron chi connectivity index (χ2n) is 8.27. The highest BCUT2D eigenvalue weighted by atomic mass is 32.2. The molecule has 2 heterocycles. The zero-order chi connectivity index (χ0) is 24.2. The van der Waals surface area contributed by atoms with Crippen molar-refractivity contribution in [1.82, 2.24) is 10.2 Å². The summed E-state index contributed by atoms with van der Waals surface area (Å²) in [5.41, 5.74) is 3.49. The number of thioether (sulfide) groups is 1. The van der Waals surface area contributed by atoms with E-state index in [1.54, 1.807) is 17.0 Å². The smallest absolute Gasteiger partial charge is 0.259 e. The van der Waals surface area contributed by atoms with Gasteiger partial charge in [-0.05, 0) is 41.8 Å². The highest BCUT2D eigenvalue weighted by Crippen LogP contribution is 2.35. The summed E-state index contributed by atoms with van der Waals surface area (Å²) in [6.07, 6.45) is 0.516. The molecule has 6 nitrogen and oxygen atoms in total. The number of fused-ring (bicyclic) bond motifs is 3. The molecule has 1 unspecified atom stereocenters. The molecule has 0 bridgehead atoms. The number of amides is 2. The summed E-state index contributed by atoms with van der Waals surface area (Å²) in [7, 11) is 0. The van der Waals surface area contributed by atoms with Crippen molar-refractivity contribution in [2.75, 3.05) is 0 Å². The van der Waals surface area contributed by atoms with Gasteiger partial charge in [-0.15, -0.1) is 0 Å². The molecule has 2 amide bonds. The molecule has 0 aromatic heterocycles. The average Bonchev–Trinajstić information content (AvgIpc) is 3.23. The summed E-state index contributed by atoms with van der Waals surface area (Å²) in [6.45, 7) is 0.448. The molecule has 0 radical (unpaired) electrons. The van der Waals surface area contributed by atoms with Gasteiger partial charge in [0.25, 0.3) is 5.91 Å². The number of amidine groups is 2. The van der Waals surface area contributed by atoms with Crippen LogP contribution in [0.5, 0.6) is 0 Å². The van der Waals surface area contributed by atoms with Gasteiger partial charge in [-0.2, -0.15) is 0 Å². The first-order valence-electron chi connectivity index (χ1n) is 11.4. The molecule has 8 heteroatoms. The Morgan fingerprint density at radius 3 is 2.51 bits per heavy atom. The third-order valence-corrected chi connectivity index (χ3v) is 6.82. The van der Waals surface area contributed by atoms with Crippen LogP contribution in [0.4, 0.5) is 10.1 Å². The van der Waals surface area contributed by atoms with Gasteiger partial charge in [-0.1, -0.05) is 66.4 Å². The number of rotatable bonds is 7. The standard InChI is InChI=1S/C27H23FN4O2S/c28-20-12-10-19(11-13-20)17-35-27-31-22-9-5-4-8-21(22)25-30-23(26(34)32(25)27)14-15-24(33)29-16-18-6-2-1-3-7-18/h1-13,23H,14-17H2,(H,29,33). The molecule has 3 aromatic rings. The number of aliphatic imine (C=N–C) groups is 2. The lowest BCUT2D eigenvalue weighted by atomic mass is 10.1. The van der Waals surface area contributed by atoms with Gasteiger partial charge in [-0.25, -0.2) is 14.3 Å². The normalized spacial score (nSPS) is 16.3. The summed E-state index contributed by atoms with van der Waals surface area (Å²) in [5, 5.41) is 3.44. The van der Waals surface area contributed by atoms with E-state index in [9.17, 15) is 14.0 Å². The second kappa shape index (κ2) is 10.2. The topological polar surface area (TPSA) is 74.1 Å². The Labute approximate surface area is 207 Å². The highest BCUT2D eigenvalue weighted by molar-refractivity contribution is 8.13. The van der Waals surface area contributed by atoms with Crippen molar-refractivity contribution in [2.24, 2.45) is 9.98 Å². The monoisotopic (exact) mass is 486 g/mol. The Balaban J connectivity index is 1.28.